The van der Waals surface area contributed by atoms with Crippen molar-refractivity contribution in [1.29, 1.82) is 0 Å². The highest BCUT2D eigenvalue weighted by atomic mass is 19.1. The third-order valence-corrected chi connectivity index (χ3v) is 3.44. The molecule has 0 aliphatic carbocycles. The van der Waals surface area contributed by atoms with E-state index in [9.17, 15) is 9.50 Å². The van der Waals surface area contributed by atoms with Gasteiger partial charge in [-0.3, -0.25) is 0 Å². The topological polar surface area (TPSA) is 32.3 Å². The highest BCUT2D eigenvalue weighted by molar-refractivity contribution is 5.59. The molecule has 1 heterocycles. The second kappa shape index (κ2) is 4.33. The van der Waals surface area contributed by atoms with Crippen LogP contribution in [-0.4, -0.2) is 11.7 Å². The fourth-order valence-electron chi connectivity index (χ4n) is 2.59. The molecule has 0 bridgehead atoms. The van der Waals surface area contributed by atoms with Crippen molar-refractivity contribution in [3.63, 3.8) is 0 Å². The smallest absolute Gasteiger partial charge is 0.127 e. The number of hydrogen-bond acceptors (Lipinski definition) is 2. The summed E-state index contributed by atoms with van der Waals surface area (Å²) >= 11 is 0. The Morgan fingerprint density at radius 2 is 1.94 bits per heavy atom. The van der Waals surface area contributed by atoms with Gasteiger partial charge in [0.2, 0.25) is 0 Å². The predicted octanol–water partition coefficient (Wildman–Crippen LogP) is 3.48. The molecule has 1 aliphatic rings. The van der Waals surface area contributed by atoms with Crippen molar-refractivity contribution in [1.82, 2.24) is 0 Å². The first-order valence-corrected chi connectivity index (χ1v) is 6.07. The van der Waals surface area contributed by atoms with Gasteiger partial charge in [-0.05, 0) is 41.8 Å². The average molecular weight is 243 g/mol. The zero-order chi connectivity index (χ0) is 12.5. The van der Waals surface area contributed by atoms with Gasteiger partial charge in [0.25, 0.3) is 0 Å². The van der Waals surface area contributed by atoms with Crippen LogP contribution >= 0.6 is 0 Å². The molecule has 2 aromatic rings. The van der Waals surface area contributed by atoms with Crippen LogP contribution in [0.3, 0.4) is 0 Å². The van der Waals surface area contributed by atoms with Crippen LogP contribution in [0.1, 0.15) is 23.5 Å². The van der Waals surface area contributed by atoms with Crippen LogP contribution in [0.25, 0.3) is 0 Å². The average Bonchev–Trinajstić information content (AvgIpc) is 2.39. The number of anilines is 1. The van der Waals surface area contributed by atoms with Crippen molar-refractivity contribution in [3.05, 3.63) is 59.4 Å². The molecule has 0 fully saturated rings. The first kappa shape index (κ1) is 11.1. The molecule has 0 amide bonds. The summed E-state index contributed by atoms with van der Waals surface area (Å²) in [6.07, 6.45) is 0.831. The second-order valence-electron chi connectivity index (χ2n) is 4.56. The number of benzene rings is 2. The van der Waals surface area contributed by atoms with E-state index in [0.29, 0.717) is 5.56 Å². The normalized spacial score (nSPS) is 17.9. The Morgan fingerprint density at radius 1 is 1.11 bits per heavy atom. The fraction of sp³-hybridized carbons (Fsp3) is 0.200. The second-order valence-corrected chi connectivity index (χ2v) is 4.56. The highest BCUT2D eigenvalue weighted by Gasteiger charge is 2.24. The minimum absolute atomic E-state index is 0.00884. The van der Waals surface area contributed by atoms with Gasteiger partial charge < -0.3 is 10.4 Å². The molecule has 3 rings (SSSR count). The SMILES string of the molecule is Oc1ccc2c(c1)C(c1ccccc1F)CCN2. The zero-order valence-electron chi connectivity index (χ0n) is 9.86. The summed E-state index contributed by atoms with van der Waals surface area (Å²) in [4.78, 5) is 0. The minimum atomic E-state index is -0.182. The van der Waals surface area contributed by atoms with E-state index in [4.69, 9.17) is 0 Å². The van der Waals surface area contributed by atoms with Gasteiger partial charge in [0, 0.05) is 18.2 Å². The van der Waals surface area contributed by atoms with Gasteiger partial charge in [-0.25, -0.2) is 4.39 Å². The Bertz CT molecular complexity index is 582. The highest BCUT2D eigenvalue weighted by Crippen LogP contribution is 2.38. The molecular weight excluding hydrogens is 229 g/mol. The molecule has 0 saturated heterocycles. The van der Waals surface area contributed by atoms with Crippen molar-refractivity contribution < 1.29 is 9.50 Å². The summed E-state index contributed by atoms with van der Waals surface area (Å²) in [5.74, 6) is 0.0482. The zero-order valence-corrected chi connectivity index (χ0v) is 9.86. The van der Waals surface area contributed by atoms with Gasteiger partial charge in [0.15, 0.2) is 0 Å². The van der Waals surface area contributed by atoms with Gasteiger partial charge in [-0.2, -0.15) is 0 Å². The Kier molecular flexibility index (Phi) is 2.67. The van der Waals surface area contributed by atoms with Crippen LogP contribution in [-0.2, 0) is 0 Å². The van der Waals surface area contributed by atoms with E-state index >= 15 is 0 Å². The van der Waals surface area contributed by atoms with E-state index in [1.165, 1.54) is 6.07 Å². The number of phenolic OH excluding ortho intramolecular Hbond substituents is 1. The molecule has 3 heteroatoms. The molecule has 1 unspecified atom stereocenters. The predicted molar refractivity (Wildman–Crippen MR) is 69.5 cm³/mol. The lowest BCUT2D eigenvalue weighted by Gasteiger charge is -2.27. The van der Waals surface area contributed by atoms with E-state index in [1.807, 2.05) is 18.2 Å². The molecule has 1 atom stereocenters. The van der Waals surface area contributed by atoms with Gasteiger partial charge in [-0.1, -0.05) is 18.2 Å². The van der Waals surface area contributed by atoms with Crippen molar-refractivity contribution in [2.24, 2.45) is 0 Å². The van der Waals surface area contributed by atoms with Crippen LogP contribution in [0.15, 0.2) is 42.5 Å². The molecular formula is C15H14FNO. The van der Waals surface area contributed by atoms with Gasteiger partial charge in [0.1, 0.15) is 11.6 Å². The number of aromatic hydroxyl groups is 1. The van der Waals surface area contributed by atoms with E-state index in [-0.39, 0.29) is 17.5 Å². The van der Waals surface area contributed by atoms with Crippen molar-refractivity contribution in [2.45, 2.75) is 12.3 Å². The van der Waals surface area contributed by atoms with Crippen LogP contribution in [0.4, 0.5) is 10.1 Å². The maximum Gasteiger partial charge on any atom is 0.127 e. The standard InChI is InChI=1S/C15H14FNO/c16-14-4-2-1-3-12(14)11-7-8-17-15-6-5-10(18)9-13(11)15/h1-6,9,11,17-18H,7-8H2. The van der Waals surface area contributed by atoms with Gasteiger partial charge in [-0.15, -0.1) is 0 Å². The molecule has 0 spiro atoms. The summed E-state index contributed by atoms with van der Waals surface area (Å²) in [5.41, 5.74) is 2.64. The van der Waals surface area contributed by atoms with E-state index in [2.05, 4.69) is 5.32 Å². The quantitative estimate of drug-likeness (QED) is 0.751. The van der Waals surface area contributed by atoms with Gasteiger partial charge in [0.05, 0.1) is 0 Å². The lowest BCUT2D eigenvalue weighted by Crippen LogP contribution is -2.18. The van der Waals surface area contributed by atoms with Crippen LogP contribution < -0.4 is 5.32 Å². The summed E-state index contributed by atoms with van der Waals surface area (Å²) in [6, 6.07) is 12.1. The molecule has 18 heavy (non-hydrogen) atoms. The Labute approximate surface area is 105 Å². The molecule has 0 radical (unpaired) electrons. The van der Waals surface area contributed by atoms with Crippen molar-refractivity contribution in [2.75, 3.05) is 11.9 Å². The van der Waals surface area contributed by atoms with Crippen molar-refractivity contribution >= 4 is 5.69 Å². The summed E-state index contributed by atoms with van der Waals surface area (Å²) in [6.45, 7) is 0.816. The maximum atomic E-state index is 13.9. The Balaban J connectivity index is 2.11. The molecule has 2 nitrogen and oxygen atoms in total. The number of fused-ring (bicyclic) bond motifs is 1. The molecule has 0 saturated carbocycles. The van der Waals surface area contributed by atoms with E-state index in [1.54, 1.807) is 18.2 Å². The Hall–Kier alpha value is -2.03. The van der Waals surface area contributed by atoms with Crippen molar-refractivity contribution in [3.8, 4) is 5.75 Å². The minimum Gasteiger partial charge on any atom is -0.508 e. The number of hydrogen-bond donors (Lipinski definition) is 2. The Morgan fingerprint density at radius 3 is 2.78 bits per heavy atom. The largest absolute Gasteiger partial charge is 0.508 e. The summed E-state index contributed by atoms with van der Waals surface area (Å²) in [5, 5.41) is 12.9. The number of phenols is 1. The first-order valence-electron chi connectivity index (χ1n) is 6.07. The molecule has 2 N–H and O–H groups in total. The summed E-state index contributed by atoms with van der Waals surface area (Å²) < 4.78 is 13.9. The van der Waals surface area contributed by atoms with E-state index < -0.39 is 0 Å². The lowest BCUT2D eigenvalue weighted by molar-refractivity contribution is 0.473. The maximum absolute atomic E-state index is 13.9. The van der Waals surface area contributed by atoms with Crippen LogP contribution in [0.2, 0.25) is 0 Å². The van der Waals surface area contributed by atoms with Gasteiger partial charge >= 0.3 is 0 Å². The third-order valence-electron chi connectivity index (χ3n) is 3.44. The molecule has 0 aromatic heterocycles. The number of nitrogens with one attached hydrogen (secondary N) is 1. The third kappa shape index (κ3) is 1.82. The molecule has 2 aromatic carbocycles. The monoisotopic (exact) mass is 243 g/mol. The summed E-state index contributed by atoms with van der Waals surface area (Å²) in [7, 11) is 0. The molecule has 1 aliphatic heterocycles. The number of halogens is 1. The van der Waals surface area contributed by atoms with Crippen LogP contribution in [0.5, 0.6) is 5.75 Å². The molecule has 92 valence electrons. The fourth-order valence-corrected chi connectivity index (χ4v) is 2.59. The number of rotatable bonds is 1. The lowest BCUT2D eigenvalue weighted by atomic mass is 9.85. The van der Waals surface area contributed by atoms with Crippen LogP contribution in [0, 0.1) is 5.82 Å². The van der Waals surface area contributed by atoms with E-state index in [0.717, 1.165) is 24.2 Å². The first-order chi connectivity index (χ1) is 8.75.